The van der Waals surface area contributed by atoms with Crippen LogP contribution in [-0.2, 0) is 14.3 Å². The van der Waals surface area contributed by atoms with Crippen molar-refractivity contribution in [3.8, 4) is 0 Å². The summed E-state index contributed by atoms with van der Waals surface area (Å²) < 4.78 is 5.45. The highest BCUT2D eigenvalue weighted by molar-refractivity contribution is 5.76. The van der Waals surface area contributed by atoms with Gasteiger partial charge in [-0.1, -0.05) is 225 Å². The van der Waals surface area contributed by atoms with Crippen LogP contribution in [0.2, 0.25) is 0 Å². The van der Waals surface area contributed by atoms with Crippen molar-refractivity contribution < 1.29 is 24.5 Å². The van der Waals surface area contributed by atoms with E-state index in [-0.39, 0.29) is 18.5 Å². The van der Waals surface area contributed by atoms with E-state index < -0.39 is 12.1 Å². The number of esters is 1. The second kappa shape index (κ2) is 46.3. The van der Waals surface area contributed by atoms with Crippen molar-refractivity contribution in [2.45, 2.75) is 283 Å². The average Bonchev–Trinajstić information content (AvgIpc) is 3.20. The molecule has 1 amide bonds. The number of aliphatic hydroxyl groups is 2. The number of allylic oxidation sites excluding steroid dienone is 2. The maximum absolute atomic E-state index is 12.4. The third-order valence-corrected chi connectivity index (χ3v) is 11.6. The van der Waals surface area contributed by atoms with Crippen LogP contribution in [0.4, 0.5) is 0 Å². The molecule has 6 nitrogen and oxygen atoms in total. The van der Waals surface area contributed by atoms with E-state index in [0.29, 0.717) is 25.9 Å². The van der Waals surface area contributed by atoms with Gasteiger partial charge in [0.2, 0.25) is 5.91 Å². The van der Waals surface area contributed by atoms with Gasteiger partial charge in [-0.3, -0.25) is 9.59 Å². The summed E-state index contributed by atoms with van der Waals surface area (Å²) in [5.74, 6) is -0.127. The van der Waals surface area contributed by atoms with E-state index in [1.165, 1.54) is 167 Å². The molecule has 0 saturated heterocycles. The van der Waals surface area contributed by atoms with Gasteiger partial charge in [0.25, 0.3) is 0 Å². The summed E-state index contributed by atoms with van der Waals surface area (Å²) in [5.41, 5.74) is 0. The van der Waals surface area contributed by atoms with E-state index in [1.807, 2.05) is 0 Å². The first-order chi connectivity index (χ1) is 27.5. The van der Waals surface area contributed by atoms with Crippen LogP contribution in [0, 0.1) is 0 Å². The lowest BCUT2D eigenvalue weighted by Gasteiger charge is -2.22. The monoisotopic (exact) mass is 792 g/mol. The van der Waals surface area contributed by atoms with Gasteiger partial charge in [0, 0.05) is 12.8 Å². The number of unbranched alkanes of at least 4 members (excludes halogenated alkanes) is 33. The summed E-state index contributed by atoms with van der Waals surface area (Å²) in [6.07, 6.45) is 51.9. The molecule has 56 heavy (non-hydrogen) atoms. The zero-order valence-corrected chi connectivity index (χ0v) is 37.6. The number of rotatable bonds is 46. The molecular weight excluding hydrogens is 695 g/mol. The Balaban J connectivity index is 3.48. The van der Waals surface area contributed by atoms with Gasteiger partial charge in [0.05, 0.1) is 25.4 Å². The molecule has 2 unspecified atom stereocenters. The maximum atomic E-state index is 12.4. The summed E-state index contributed by atoms with van der Waals surface area (Å²) in [7, 11) is 0. The molecule has 0 aliphatic rings. The molecule has 0 aromatic rings. The zero-order valence-electron chi connectivity index (χ0n) is 37.6. The highest BCUT2D eigenvalue weighted by Gasteiger charge is 2.20. The first-order valence-corrected chi connectivity index (χ1v) is 24.9. The van der Waals surface area contributed by atoms with Crippen LogP contribution in [0.5, 0.6) is 0 Å². The molecule has 332 valence electrons. The molecule has 0 saturated carbocycles. The molecule has 0 spiro atoms. The van der Waals surface area contributed by atoms with E-state index >= 15 is 0 Å². The predicted molar refractivity (Wildman–Crippen MR) is 241 cm³/mol. The number of nitrogens with one attached hydrogen (secondary N) is 1. The lowest BCUT2D eigenvalue weighted by Crippen LogP contribution is -2.45. The van der Waals surface area contributed by atoms with Gasteiger partial charge >= 0.3 is 5.97 Å². The Labute approximate surface area is 349 Å². The van der Waals surface area contributed by atoms with Crippen LogP contribution >= 0.6 is 0 Å². The van der Waals surface area contributed by atoms with Crippen LogP contribution in [0.1, 0.15) is 271 Å². The molecule has 0 aliphatic heterocycles. The second-order valence-corrected chi connectivity index (χ2v) is 17.1. The topological polar surface area (TPSA) is 95.9 Å². The van der Waals surface area contributed by atoms with Crippen LogP contribution in [0.25, 0.3) is 0 Å². The lowest BCUT2D eigenvalue weighted by molar-refractivity contribution is -0.143. The fourth-order valence-corrected chi connectivity index (χ4v) is 7.70. The van der Waals surface area contributed by atoms with Crippen molar-refractivity contribution in [2.24, 2.45) is 0 Å². The Hall–Kier alpha value is -1.40. The molecule has 6 heteroatoms. The Morgan fingerprint density at radius 1 is 0.482 bits per heavy atom. The van der Waals surface area contributed by atoms with E-state index in [9.17, 15) is 19.8 Å². The van der Waals surface area contributed by atoms with Gasteiger partial charge in [0.15, 0.2) is 0 Å². The minimum atomic E-state index is -0.692. The minimum absolute atomic E-state index is 0.0313. The van der Waals surface area contributed by atoms with Crippen LogP contribution in [0.3, 0.4) is 0 Å². The van der Waals surface area contributed by atoms with Crippen molar-refractivity contribution >= 4 is 11.9 Å². The van der Waals surface area contributed by atoms with E-state index in [4.69, 9.17) is 4.74 Å². The van der Waals surface area contributed by atoms with Gasteiger partial charge < -0.3 is 20.3 Å². The van der Waals surface area contributed by atoms with E-state index in [1.54, 1.807) is 0 Å². The van der Waals surface area contributed by atoms with Crippen LogP contribution in [-0.4, -0.2) is 47.4 Å². The Morgan fingerprint density at radius 2 is 0.857 bits per heavy atom. The molecule has 0 radical (unpaired) electrons. The number of carbonyl (C=O) groups is 2. The summed E-state index contributed by atoms with van der Waals surface area (Å²) >= 11 is 0. The van der Waals surface area contributed by atoms with E-state index in [0.717, 1.165) is 70.6 Å². The number of ether oxygens (including phenoxy) is 1. The number of hydrogen-bond donors (Lipinski definition) is 3. The highest BCUT2D eigenvalue weighted by Crippen LogP contribution is 2.16. The molecule has 0 fully saturated rings. The number of amides is 1. The number of carbonyl (C=O) groups excluding carboxylic acids is 2. The zero-order chi connectivity index (χ0) is 40.8. The van der Waals surface area contributed by atoms with Crippen molar-refractivity contribution in [3.63, 3.8) is 0 Å². The molecule has 0 aliphatic carbocycles. The second-order valence-electron chi connectivity index (χ2n) is 17.1. The first-order valence-electron chi connectivity index (χ1n) is 24.9. The summed E-state index contributed by atoms with van der Waals surface area (Å²) in [4.78, 5) is 24.4. The van der Waals surface area contributed by atoms with Gasteiger partial charge in [-0.05, 0) is 44.9 Å². The number of aliphatic hydroxyl groups excluding tert-OH is 2. The Morgan fingerprint density at radius 3 is 1.30 bits per heavy atom. The normalized spacial score (nSPS) is 12.7. The molecular formula is C50H97NO5. The third kappa shape index (κ3) is 42.2. The van der Waals surface area contributed by atoms with Crippen molar-refractivity contribution in [2.75, 3.05) is 13.2 Å². The fourth-order valence-electron chi connectivity index (χ4n) is 7.70. The molecule has 3 N–H and O–H groups in total. The molecule has 2 atom stereocenters. The third-order valence-electron chi connectivity index (χ3n) is 11.6. The van der Waals surface area contributed by atoms with Crippen molar-refractivity contribution in [1.29, 1.82) is 0 Å². The summed E-state index contributed by atoms with van der Waals surface area (Å²) in [6, 6.07) is -0.576. The average molecular weight is 792 g/mol. The molecule has 0 aromatic carbocycles. The smallest absolute Gasteiger partial charge is 0.305 e. The summed E-state index contributed by atoms with van der Waals surface area (Å²) in [6.45, 7) is 4.86. The SMILES string of the molecule is CCCCCCCCCCCCCCCCCCCCCC(=O)OCCCCCC/C=C\CCCC(=O)NC(CO)C(O)CCCCCCCCCCCCC. The predicted octanol–water partition coefficient (Wildman–Crippen LogP) is 14.6. The van der Waals surface area contributed by atoms with Crippen LogP contribution < -0.4 is 5.32 Å². The standard InChI is InChI=1S/C50H97NO5/c1-3-5-7-9-11-13-15-16-17-18-19-20-21-22-24-28-32-36-40-44-50(55)56-45-41-37-33-29-25-27-31-35-39-43-49(54)51-47(46-52)48(53)42-38-34-30-26-23-14-12-10-8-6-4-2/h27,31,47-48,52-53H,3-26,28-30,32-46H2,1-2H3,(H,51,54)/b31-27-. The maximum Gasteiger partial charge on any atom is 0.305 e. The van der Waals surface area contributed by atoms with Crippen molar-refractivity contribution in [3.05, 3.63) is 12.2 Å². The molecule has 0 rings (SSSR count). The first kappa shape index (κ1) is 54.6. The molecule has 0 bridgehead atoms. The van der Waals surface area contributed by atoms with Gasteiger partial charge in [-0.2, -0.15) is 0 Å². The van der Waals surface area contributed by atoms with Crippen LogP contribution in [0.15, 0.2) is 12.2 Å². The largest absolute Gasteiger partial charge is 0.466 e. The van der Waals surface area contributed by atoms with Gasteiger partial charge in [0.1, 0.15) is 0 Å². The molecule has 0 aromatic heterocycles. The fraction of sp³-hybridized carbons (Fsp3) is 0.920. The lowest BCUT2D eigenvalue weighted by atomic mass is 10.0. The number of hydrogen-bond acceptors (Lipinski definition) is 5. The quantitative estimate of drug-likeness (QED) is 0.0324. The minimum Gasteiger partial charge on any atom is -0.466 e. The Kier molecular flexibility index (Phi) is 45.1. The van der Waals surface area contributed by atoms with Gasteiger partial charge in [-0.15, -0.1) is 0 Å². The molecule has 0 heterocycles. The highest BCUT2D eigenvalue weighted by atomic mass is 16.5. The Bertz CT molecular complexity index is 832. The summed E-state index contributed by atoms with van der Waals surface area (Å²) in [5, 5.41) is 23.1. The van der Waals surface area contributed by atoms with Crippen molar-refractivity contribution in [1.82, 2.24) is 5.32 Å². The van der Waals surface area contributed by atoms with Gasteiger partial charge in [-0.25, -0.2) is 0 Å². The van der Waals surface area contributed by atoms with E-state index in [2.05, 4.69) is 31.3 Å².